The molecule has 2 aromatic carbocycles. The number of hydrogen-bond acceptors (Lipinski definition) is 5. The highest BCUT2D eigenvalue weighted by Crippen LogP contribution is 2.38. The summed E-state index contributed by atoms with van der Waals surface area (Å²) < 4.78 is 5.27. The number of carboxylic acid groups (broad SMARTS) is 1. The van der Waals surface area contributed by atoms with Crippen LogP contribution in [0, 0.1) is 0 Å². The van der Waals surface area contributed by atoms with Gasteiger partial charge in [0.05, 0.1) is 29.4 Å². The first kappa shape index (κ1) is 20.1. The molecule has 5 rings (SSSR count). The van der Waals surface area contributed by atoms with E-state index in [1.807, 2.05) is 12.1 Å². The molecule has 2 aliphatic heterocycles. The minimum absolute atomic E-state index is 0.121. The molecule has 0 bridgehead atoms. The highest BCUT2D eigenvalue weighted by atomic mass is 16.4. The van der Waals surface area contributed by atoms with Crippen LogP contribution in [0.5, 0.6) is 0 Å². The van der Waals surface area contributed by atoms with Gasteiger partial charge in [-0.1, -0.05) is 12.1 Å². The maximum absolute atomic E-state index is 12.9. The van der Waals surface area contributed by atoms with Crippen molar-refractivity contribution in [3.05, 3.63) is 83.3 Å². The van der Waals surface area contributed by atoms with Gasteiger partial charge in [0.15, 0.2) is 0 Å². The second kappa shape index (κ2) is 8.36. The number of amides is 1. The van der Waals surface area contributed by atoms with Crippen LogP contribution < -0.4 is 10.6 Å². The second-order valence-corrected chi connectivity index (χ2v) is 8.09. The maximum atomic E-state index is 12.9. The number of anilines is 2. The minimum atomic E-state index is -1.04. The van der Waals surface area contributed by atoms with Crippen LogP contribution >= 0.6 is 0 Å². The Hall–Kier alpha value is -3.84. The third kappa shape index (κ3) is 3.90. The lowest BCUT2D eigenvalue weighted by Gasteiger charge is -2.16. The number of nitrogens with zero attached hydrogens (tertiary/aromatic N) is 1. The van der Waals surface area contributed by atoms with Crippen LogP contribution in [0.3, 0.4) is 0 Å². The summed E-state index contributed by atoms with van der Waals surface area (Å²) in [6.07, 6.45) is 5.62. The molecule has 32 heavy (non-hydrogen) atoms. The molecule has 7 nitrogen and oxygen atoms in total. The molecule has 0 spiro atoms. The van der Waals surface area contributed by atoms with Crippen LogP contribution in [-0.4, -0.2) is 35.0 Å². The van der Waals surface area contributed by atoms with Crippen LogP contribution in [0.1, 0.15) is 39.9 Å². The summed E-state index contributed by atoms with van der Waals surface area (Å²) in [6.45, 7) is 3.22. The summed E-state index contributed by atoms with van der Waals surface area (Å²) in [5.74, 6) is -1.34. The minimum Gasteiger partial charge on any atom is -0.478 e. The molecule has 162 valence electrons. The molecular formula is C25H23N3O4. The lowest BCUT2D eigenvalue weighted by atomic mass is 9.99. The number of likely N-dealkylation sites (tertiary alicyclic amines) is 1. The number of hydrogen-bond donors (Lipinski definition) is 3. The van der Waals surface area contributed by atoms with Gasteiger partial charge in [-0.25, -0.2) is 4.79 Å². The first-order valence-electron chi connectivity index (χ1n) is 10.6. The monoisotopic (exact) mass is 429 g/mol. The fourth-order valence-corrected chi connectivity index (χ4v) is 4.27. The highest BCUT2D eigenvalue weighted by molar-refractivity contribution is 6.37. The van der Waals surface area contributed by atoms with Crippen LogP contribution in [0.2, 0.25) is 0 Å². The second-order valence-electron chi connectivity index (χ2n) is 8.09. The molecule has 0 aliphatic carbocycles. The Morgan fingerprint density at radius 3 is 2.53 bits per heavy atom. The molecule has 2 aliphatic rings. The molecule has 0 saturated carbocycles. The Balaban J connectivity index is 1.51. The third-order valence-electron chi connectivity index (χ3n) is 5.90. The van der Waals surface area contributed by atoms with Crippen molar-refractivity contribution in [2.24, 2.45) is 0 Å². The Morgan fingerprint density at radius 1 is 1.06 bits per heavy atom. The van der Waals surface area contributed by atoms with Crippen molar-refractivity contribution in [1.82, 2.24) is 4.90 Å². The van der Waals surface area contributed by atoms with Crippen molar-refractivity contribution in [3.8, 4) is 0 Å². The Labute approximate surface area is 185 Å². The molecule has 1 fully saturated rings. The Bertz CT molecular complexity index is 1190. The predicted octanol–water partition coefficient (Wildman–Crippen LogP) is 4.51. The first-order chi connectivity index (χ1) is 15.6. The topological polar surface area (TPSA) is 94.8 Å². The van der Waals surface area contributed by atoms with Gasteiger partial charge in [0, 0.05) is 29.0 Å². The average molecular weight is 429 g/mol. The van der Waals surface area contributed by atoms with Gasteiger partial charge in [0.25, 0.3) is 5.91 Å². The molecule has 3 heterocycles. The zero-order valence-corrected chi connectivity index (χ0v) is 17.4. The standard InChI is InChI=1S/C25H23N3O4/c29-24-22(20-13-17(25(30)31)5-8-21(20)27-24)23(18-9-12-32-15-18)26-19-6-3-16(4-7-19)14-28-10-1-2-11-28/h3-9,12-13,15,26H,1-2,10-11,14H2,(H,27,29)(H,30,31). The van der Waals surface area contributed by atoms with Crippen molar-refractivity contribution >= 4 is 34.5 Å². The SMILES string of the molecule is O=C1Nc2ccc(C(=O)O)cc2C1=C(Nc1ccc(CN2CCCC2)cc1)c1ccoc1. The molecule has 0 atom stereocenters. The quantitative estimate of drug-likeness (QED) is 0.499. The number of carbonyl (C=O) groups excluding carboxylic acids is 1. The zero-order valence-electron chi connectivity index (χ0n) is 17.4. The molecule has 3 N–H and O–H groups in total. The van der Waals surface area contributed by atoms with Crippen LogP contribution in [0.15, 0.2) is 65.5 Å². The molecule has 7 heteroatoms. The van der Waals surface area contributed by atoms with Crippen LogP contribution in [0.4, 0.5) is 11.4 Å². The summed E-state index contributed by atoms with van der Waals surface area (Å²) in [7, 11) is 0. The Kier molecular flexibility index (Phi) is 5.25. The van der Waals surface area contributed by atoms with Crippen molar-refractivity contribution in [1.29, 1.82) is 0 Å². The lowest BCUT2D eigenvalue weighted by Crippen LogP contribution is -2.18. The average Bonchev–Trinajstić information content (AvgIpc) is 3.54. The number of rotatable bonds is 6. The molecule has 1 saturated heterocycles. The summed E-state index contributed by atoms with van der Waals surface area (Å²) in [5.41, 5.74) is 4.96. The van der Waals surface area contributed by atoms with E-state index in [9.17, 15) is 14.7 Å². The zero-order chi connectivity index (χ0) is 22.1. The largest absolute Gasteiger partial charge is 0.478 e. The number of fused-ring (bicyclic) bond motifs is 1. The van der Waals surface area contributed by atoms with Crippen molar-refractivity contribution in [2.75, 3.05) is 23.7 Å². The van der Waals surface area contributed by atoms with E-state index in [0.717, 1.165) is 25.3 Å². The van der Waals surface area contributed by atoms with Gasteiger partial charge in [-0.15, -0.1) is 0 Å². The van der Waals surface area contributed by atoms with Crippen molar-refractivity contribution in [2.45, 2.75) is 19.4 Å². The smallest absolute Gasteiger partial charge is 0.335 e. The number of furan rings is 1. The summed E-state index contributed by atoms with van der Waals surface area (Å²) >= 11 is 0. The van der Waals surface area contributed by atoms with Gasteiger partial charge in [-0.3, -0.25) is 9.69 Å². The number of nitrogens with one attached hydrogen (secondary N) is 2. The van der Waals surface area contributed by atoms with E-state index in [-0.39, 0.29) is 11.5 Å². The summed E-state index contributed by atoms with van der Waals surface area (Å²) in [5, 5.41) is 15.6. The fraction of sp³-hybridized carbons (Fsp3) is 0.200. The van der Waals surface area contributed by atoms with Gasteiger partial charge in [0.2, 0.25) is 0 Å². The van der Waals surface area contributed by atoms with E-state index in [0.29, 0.717) is 28.1 Å². The molecule has 0 unspecified atom stereocenters. The predicted molar refractivity (Wildman–Crippen MR) is 122 cm³/mol. The van der Waals surface area contributed by atoms with Gasteiger partial charge < -0.3 is 20.2 Å². The number of carboxylic acids is 1. The van der Waals surface area contributed by atoms with Gasteiger partial charge in [0.1, 0.15) is 0 Å². The maximum Gasteiger partial charge on any atom is 0.335 e. The van der Waals surface area contributed by atoms with Gasteiger partial charge in [-0.2, -0.15) is 0 Å². The Morgan fingerprint density at radius 2 is 1.84 bits per heavy atom. The number of benzene rings is 2. The molecule has 3 aromatic rings. The van der Waals surface area contributed by atoms with Gasteiger partial charge in [-0.05, 0) is 67.9 Å². The molecular weight excluding hydrogens is 406 g/mol. The van der Waals surface area contributed by atoms with E-state index in [1.54, 1.807) is 18.4 Å². The molecule has 1 amide bonds. The highest BCUT2D eigenvalue weighted by Gasteiger charge is 2.29. The van der Waals surface area contributed by atoms with Crippen LogP contribution in [-0.2, 0) is 11.3 Å². The van der Waals surface area contributed by atoms with Crippen molar-refractivity contribution in [3.63, 3.8) is 0 Å². The van der Waals surface area contributed by atoms with E-state index in [2.05, 4.69) is 27.7 Å². The van der Waals surface area contributed by atoms with Crippen molar-refractivity contribution < 1.29 is 19.1 Å². The van der Waals surface area contributed by atoms with E-state index >= 15 is 0 Å². The third-order valence-corrected chi connectivity index (χ3v) is 5.90. The van der Waals surface area contributed by atoms with E-state index in [4.69, 9.17) is 4.42 Å². The van der Waals surface area contributed by atoms with Crippen LogP contribution in [0.25, 0.3) is 11.3 Å². The lowest BCUT2D eigenvalue weighted by molar-refractivity contribution is -0.110. The summed E-state index contributed by atoms with van der Waals surface area (Å²) in [4.78, 5) is 26.8. The van der Waals surface area contributed by atoms with Gasteiger partial charge >= 0.3 is 5.97 Å². The first-order valence-corrected chi connectivity index (χ1v) is 10.6. The summed E-state index contributed by atoms with van der Waals surface area (Å²) in [6, 6.07) is 14.5. The normalized spacial score (nSPS) is 17.2. The molecule has 0 radical (unpaired) electrons. The fourth-order valence-electron chi connectivity index (χ4n) is 4.27. The number of carbonyl (C=O) groups is 2. The number of aromatic carboxylic acids is 1. The molecule has 1 aromatic heterocycles. The van der Waals surface area contributed by atoms with E-state index < -0.39 is 5.97 Å². The van der Waals surface area contributed by atoms with E-state index in [1.165, 1.54) is 36.8 Å².